The molecule has 0 saturated carbocycles. The van der Waals surface area contributed by atoms with Gasteiger partial charge >= 0.3 is 6.18 Å². The normalized spacial score (nSPS) is 13.6. The SMILES string of the molecule is O=C(C(Cc1ccccc1)N(Cc1ccc(-c2ccccn2)cc1)C(=O)C=Cc1ccc(C(F)(F)F)cc1)N1CCc2ccc(F)cc2C1. The van der Waals surface area contributed by atoms with Gasteiger partial charge in [-0.15, -0.1) is 0 Å². The molecule has 0 aliphatic carbocycles. The van der Waals surface area contributed by atoms with Gasteiger partial charge in [-0.1, -0.05) is 78.9 Å². The summed E-state index contributed by atoms with van der Waals surface area (Å²) >= 11 is 0. The van der Waals surface area contributed by atoms with Crippen molar-refractivity contribution in [2.45, 2.75) is 38.1 Å². The van der Waals surface area contributed by atoms with Gasteiger partial charge in [-0.2, -0.15) is 13.2 Å². The Morgan fingerprint density at radius 2 is 1.57 bits per heavy atom. The van der Waals surface area contributed by atoms with Crippen LogP contribution in [0.3, 0.4) is 0 Å². The molecule has 1 atom stereocenters. The van der Waals surface area contributed by atoms with E-state index in [9.17, 15) is 27.2 Å². The van der Waals surface area contributed by atoms with Gasteiger partial charge in [-0.3, -0.25) is 14.6 Å². The number of carbonyl (C=O) groups excluding carboxylic acids is 2. The van der Waals surface area contributed by atoms with Crippen molar-refractivity contribution < 1.29 is 27.2 Å². The highest BCUT2D eigenvalue weighted by Crippen LogP contribution is 2.29. The molecule has 0 N–H and O–H groups in total. The monoisotopic (exact) mass is 663 g/mol. The maximum Gasteiger partial charge on any atom is 0.416 e. The molecule has 1 aromatic heterocycles. The summed E-state index contributed by atoms with van der Waals surface area (Å²) in [6, 6.07) is 30.8. The number of nitrogens with zero attached hydrogens (tertiary/aromatic N) is 3. The molecule has 9 heteroatoms. The molecule has 1 aliphatic heterocycles. The minimum Gasteiger partial charge on any atom is -0.336 e. The second-order valence-electron chi connectivity index (χ2n) is 12.0. The summed E-state index contributed by atoms with van der Waals surface area (Å²) < 4.78 is 53.6. The molecular weight excluding hydrogens is 630 g/mol. The average Bonchev–Trinajstić information content (AvgIpc) is 3.12. The van der Waals surface area contributed by atoms with Crippen LogP contribution in [0.15, 0.2) is 128 Å². The lowest BCUT2D eigenvalue weighted by molar-refractivity contribution is -0.144. The summed E-state index contributed by atoms with van der Waals surface area (Å²) in [5.41, 5.74) is 4.62. The molecule has 248 valence electrons. The summed E-state index contributed by atoms with van der Waals surface area (Å²) in [6.45, 7) is 0.700. The summed E-state index contributed by atoms with van der Waals surface area (Å²) in [7, 11) is 0. The van der Waals surface area contributed by atoms with Crippen molar-refractivity contribution in [2.24, 2.45) is 0 Å². The number of halogens is 4. The van der Waals surface area contributed by atoms with E-state index in [4.69, 9.17) is 0 Å². The predicted molar refractivity (Wildman–Crippen MR) is 180 cm³/mol. The number of aromatic nitrogens is 1. The van der Waals surface area contributed by atoms with Crippen molar-refractivity contribution in [1.29, 1.82) is 0 Å². The number of rotatable bonds is 9. The topological polar surface area (TPSA) is 53.5 Å². The molecule has 4 aromatic carbocycles. The van der Waals surface area contributed by atoms with Gasteiger partial charge in [0.05, 0.1) is 11.3 Å². The molecule has 2 amide bonds. The van der Waals surface area contributed by atoms with Crippen LogP contribution in [0.5, 0.6) is 0 Å². The van der Waals surface area contributed by atoms with Gasteiger partial charge < -0.3 is 9.80 Å². The van der Waals surface area contributed by atoms with Crippen LogP contribution in [0.4, 0.5) is 17.6 Å². The molecule has 5 nitrogen and oxygen atoms in total. The number of hydrogen-bond donors (Lipinski definition) is 0. The molecule has 0 saturated heterocycles. The van der Waals surface area contributed by atoms with Crippen LogP contribution >= 0.6 is 0 Å². The second kappa shape index (κ2) is 14.7. The molecule has 1 aliphatic rings. The first-order valence-electron chi connectivity index (χ1n) is 15.9. The second-order valence-corrected chi connectivity index (χ2v) is 12.0. The lowest BCUT2D eigenvalue weighted by Gasteiger charge is -2.37. The van der Waals surface area contributed by atoms with Crippen LogP contribution in [-0.2, 0) is 41.7 Å². The molecule has 0 fully saturated rings. The fourth-order valence-corrected chi connectivity index (χ4v) is 5.99. The number of alkyl halides is 3. The zero-order valence-electron chi connectivity index (χ0n) is 26.5. The van der Waals surface area contributed by atoms with Crippen LogP contribution in [0.25, 0.3) is 17.3 Å². The molecule has 6 rings (SSSR count). The zero-order valence-corrected chi connectivity index (χ0v) is 26.5. The molecular formula is C40H33F4N3O2. The third-order valence-corrected chi connectivity index (χ3v) is 8.63. The number of hydrogen-bond acceptors (Lipinski definition) is 3. The molecule has 1 unspecified atom stereocenters. The lowest BCUT2D eigenvalue weighted by atomic mass is 9.97. The van der Waals surface area contributed by atoms with Gasteiger partial charge in [0, 0.05) is 43.9 Å². The standard InChI is InChI=1S/C40H33F4N3O2/c41-35-19-16-31-21-23-46(27-33(31)25-35)39(49)37(24-29-6-2-1-3-7-29)47(26-30-9-14-32(15-10-30)36-8-4-5-22-45-36)38(48)20-13-28-11-17-34(18-12-28)40(42,43)44/h1-20,22,25,37H,21,23-24,26-27H2. The van der Waals surface area contributed by atoms with Crippen molar-refractivity contribution in [3.63, 3.8) is 0 Å². The van der Waals surface area contributed by atoms with Crippen molar-refractivity contribution >= 4 is 17.9 Å². The molecule has 2 heterocycles. The van der Waals surface area contributed by atoms with E-state index in [0.29, 0.717) is 18.5 Å². The number of fused-ring (bicyclic) bond motifs is 1. The van der Waals surface area contributed by atoms with E-state index in [0.717, 1.165) is 45.6 Å². The van der Waals surface area contributed by atoms with Crippen molar-refractivity contribution in [3.8, 4) is 11.3 Å². The van der Waals surface area contributed by atoms with Gasteiger partial charge in [0.15, 0.2) is 0 Å². The van der Waals surface area contributed by atoms with E-state index in [1.807, 2.05) is 72.8 Å². The third kappa shape index (κ3) is 8.30. The molecule has 49 heavy (non-hydrogen) atoms. The highest BCUT2D eigenvalue weighted by molar-refractivity contribution is 5.96. The van der Waals surface area contributed by atoms with Gasteiger partial charge in [0.2, 0.25) is 11.8 Å². The van der Waals surface area contributed by atoms with Crippen molar-refractivity contribution in [1.82, 2.24) is 14.8 Å². The Balaban J connectivity index is 1.34. The Morgan fingerprint density at radius 1 is 0.837 bits per heavy atom. The van der Waals surface area contributed by atoms with E-state index in [1.165, 1.54) is 41.3 Å². The zero-order chi connectivity index (χ0) is 34.4. The Morgan fingerprint density at radius 3 is 2.27 bits per heavy atom. The first-order valence-corrected chi connectivity index (χ1v) is 15.9. The van der Waals surface area contributed by atoms with Crippen LogP contribution in [0, 0.1) is 5.82 Å². The van der Waals surface area contributed by atoms with Crippen molar-refractivity contribution in [3.05, 3.63) is 167 Å². The van der Waals surface area contributed by atoms with Crippen LogP contribution in [0.2, 0.25) is 0 Å². The highest BCUT2D eigenvalue weighted by Gasteiger charge is 2.34. The Kier molecular flexibility index (Phi) is 9.99. The lowest BCUT2D eigenvalue weighted by Crippen LogP contribution is -2.52. The van der Waals surface area contributed by atoms with Gasteiger partial charge in [-0.05, 0) is 76.7 Å². The highest BCUT2D eigenvalue weighted by atomic mass is 19.4. The maximum absolute atomic E-state index is 14.5. The molecule has 0 spiro atoms. The van der Waals surface area contributed by atoms with Gasteiger partial charge in [-0.25, -0.2) is 4.39 Å². The van der Waals surface area contributed by atoms with Crippen LogP contribution in [-0.4, -0.2) is 39.2 Å². The number of pyridine rings is 1. The number of benzene rings is 4. The predicted octanol–water partition coefficient (Wildman–Crippen LogP) is 8.14. The van der Waals surface area contributed by atoms with Gasteiger partial charge in [0.25, 0.3) is 0 Å². The van der Waals surface area contributed by atoms with Crippen LogP contribution in [0.1, 0.15) is 33.4 Å². The quantitative estimate of drug-likeness (QED) is 0.118. The fourth-order valence-electron chi connectivity index (χ4n) is 5.99. The van der Waals surface area contributed by atoms with E-state index >= 15 is 0 Å². The first kappa shape index (κ1) is 33.3. The van der Waals surface area contributed by atoms with E-state index in [1.54, 1.807) is 17.2 Å². The van der Waals surface area contributed by atoms with Crippen LogP contribution < -0.4 is 0 Å². The minimum atomic E-state index is -4.48. The maximum atomic E-state index is 14.5. The Labute approximate surface area is 282 Å². The Bertz CT molecular complexity index is 1930. The largest absolute Gasteiger partial charge is 0.416 e. The van der Waals surface area contributed by atoms with Gasteiger partial charge in [0.1, 0.15) is 11.9 Å². The summed E-state index contributed by atoms with van der Waals surface area (Å²) in [4.78, 5) is 36.2. The van der Waals surface area contributed by atoms with Crippen molar-refractivity contribution in [2.75, 3.05) is 6.54 Å². The molecule has 0 radical (unpaired) electrons. The number of carbonyl (C=O) groups is 2. The fraction of sp³-hybridized carbons (Fsp3) is 0.175. The minimum absolute atomic E-state index is 0.0843. The van der Waals surface area contributed by atoms with E-state index < -0.39 is 23.7 Å². The molecule has 5 aromatic rings. The number of amides is 2. The summed E-state index contributed by atoms with van der Waals surface area (Å²) in [5, 5.41) is 0. The third-order valence-electron chi connectivity index (χ3n) is 8.63. The summed E-state index contributed by atoms with van der Waals surface area (Å²) in [6.07, 6.45) is 0.738. The van der Waals surface area contributed by atoms with E-state index in [2.05, 4.69) is 4.98 Å². The molecule has 0 bridgehead atoms. The first-order chi connectivity index (χ1) is 23.6. The smallest absolute Gasteiger partial charge is 0.336 e. The van der Waals surface area contributed by atoms with E-state index in [-0.39, 0.29) is 31.2 Å². The average molecular weight is 664 g/mol. The summed E-state index contributed by atoms with van der Waals surface area (Å²) in [5.74, 6) is -1.14. The Hall–Kier alpha value is -5.57.